The third kappa shape index (κ3) is 5.63. The van der Waals surface area contributed by atoms with Gasteiger partial charge in [-0.15, -0.1) is 0 Å². The molecule has 0 radical (unpaired) electrons. The smallest absolute Gasteiger partial charge is 0.160 e. The highest BCUT2D eigenvalue weighted by Crippen LogP contribution is 2.63. The lowest BCUT2D eigenvalue weighted by atomic mass is 9.70. The molecular weight excluding hydrogens is 751 g/mol. The van der Waals surface area contributed by atoms with Crippen molar-refractivity contribution in [2.24, 2.45) is 0 Å². The average Bonchev–Trinajstić information content (AvgIpc) is 3.81. The standard InChI is InChI=1S/C59H39N3/c1-38-37-60-32-31-47(38)41-25-23-40(24-26-41)44-28-30-54-51(34-44)49-20-9-11-22-53(49)59(54)52-21-10-8-19-48(52)50-29-27-46(35-55(50)59)58-61-56(42-15-6-3-7-16-42)36-57(62-58)45-18-12-17-43(33-45)39-13-4-2-5-14-39/h2-37H,1H3. The van der Waals surface area contributed by atoms with Gasteiger partial charge >= 0.3 is 0 Å². The molecule has 0 amide bonds. The summed E-state index contributed by atoms with van der Waals surface area (Å²) in [6.45, 7) is 2.12. The Balaban J connectivity index is 1.03. The summed E-state index contributed by atoms with van der Waals surface area (Å²) in [5.74, 6) is 0.702. The largest absolute Gasteiger partial charge is 0.264 e. The maximum atomic E-state index is 5.37. The van der Waals surface area contributed by atoms with E-state index in [1.807, 2.05) is 18.5 Å². The topological polar surface area (TPSA) is 38.7 Å². The number of aryl methyl sites for hydroxylation is 1. The van der Waals surface area contributed by atoms with Gasteiger partial charge in [-0.2, -0.15) is 0 Å². The third-order valence-corrected chi connectivity index (χ3v) is 13.0. The highest BCUT2D eigenvalue weighted by molar-refractivity contribution is 5.97. The van der Waals surface area contributed by atoms with Crippen molar-refractivity contribution in [1.82, 2.24) is 15.0 Å². The number of hydrogen-bond donors (Lipinski definition) is 0. The van der Waals surface area contributed by atoms with E-state index in [0.717, 1.165) is 33.6 Å². The van der Waals surface area contributed by atoms with Gasteiger partial charge in [0.05, 0.1) is 16.8 Å². The normalized spacial score (nSPS) is 14.3. The SMILES string of the molecule is Cc1cnccc1-c1ccc(-c2ccc3c(c2)-c2ccccc2C32c3ccccc3-c3ccc(-c4nc(-c5ccccc5)cc(-c5cccc(-c6ccccc6)c5)n4)cc32)cc1. The van der Waals surface area contributed by atoms with Crippen LogP contribution in [0.15, 0.2) is 219 Å². The Bertz CT molecular complexity index is 3350. The highest BCUT2D eigenvalue weighted by atomic mass is 14.9. The molecule has 2 aromatic heterocycles. The molecule has 0 aliphatic heterocycles. The quantitative estimate of drug-likeness (QED) is 0.168. The molecule has 2 aliphatic rings. The first-order chi connectivity index (χ1) is 30.6. The number of fused-ring (bicyclic) bond motifs is 10. The Morgan fingerprint density at radius 3 is 1.60 bits per heavy atom. The molecule has 1 spiro atoms. The molecule has 0 saturated carbocycles. The second-order valence-corrected chi connectivity index (χ2v) is 16.4. The fourth-order valence-corrected chi connectivity index (χ4v) is 10.1. The van der Waals surface area contributed by atoms with Gasteiger partial charge in [0, 0.05) is 29.1 Å². The second kappa shape index (κ2) is 14.3. The number of nitrogens with zero attached hydrogens (tertiary/aromatic N) is 3. The van der Waals surface area contributed by atoms with E-state index in [1.54, 1.807) is 0 Å². The zero-order valence-corrected chi connectivity index (χ0v) is 34.1. The summed E-state index contributed by atoms with van der Waals surface area (Å²) in [6.07, 6.45) is 3.79. The lowest BCUT2D eigenvalue weighted by Gasteiger charge is -2.30. The molecule has 0 fully saturated rings. The van der Waals surface area contributed by atoms with E-state index in [4.69, 9.17) is 9.97 Å². The van der Waals surface area contributed by atoms with E-state index < -0.39 is 5.41 Å². The van der Waals surface area contributed by atoms with Crippen molar-refractivity contribution >= 4 is 0 Å². The van der Waals surface area contributed by atoms with Gasteiger partial charge in [0.15, 0.2) is 5.82 Å². The molecule has 0 bridgehead atoms. The van der Waals surface area contributed by atoms with Crippen LogP contribution in [-0.4, -0.2) is 15.0 Å². The van der Waals surface area contributed by atoms with Crippen molar-refractivity contribution in [3.8, 4) is 89.5 Å². The molecule has 8 aromatic carbocycles. The van der Waals surface area contributed by atoms with Crippen molar-refractivity contribution < 1.29 is 0 Å². The predicted molar refractivity (Wildman–Crippen MR) is 253 cm³/mol. The molecule has 290 valence electrons. The first-order valence-corrected chi connectivity index (χ1v) is 21.2. The van der Waals surface area contributed by atoms with Crippen LogP contribution in [0.5, 0.6) is 0 Å². The number of benzene rings is 8. The van der Waals surface area contributed by atoms with Gasteiger partial charge in [0.1, 0.15) is 0 Å². The van der Waals surface area contributed by atoms with Crippen molar-refractivity contribution in [2.75, 3.05) is 0 Å². The molecule has 62 heavy (non-hydrogen) atoms. The lowest BCUT2D eigenvalue weighted by molar-refractivity contribution is 0.794. The minimum atomic E-state index is -0.515. The molecule has 12 rings (SSSR count). The Labute approximate surface area is 361 Å². The molecular formula is C59H39N3. The van der Waals surface area contributed by atoms with Gasteiger partial charge in [0.25, 0.3) is 0 Å². The second-order valence-electron chi connectivity index (χ2n) is 16.4. The van der Waals surface area contributed by atoms with Gasteiger partial charge in [-0.1, -0.05) is 176 Å². The number of pyridine rings is 1. The van der Waals surface area contributed by atoms with Crippen LogP contribution >= 0.6 is 0 Å². The Hall–Kier alpha value is -8.01. The van der Waals surface area contributed by atoms with Crippen LogP contribution in [0.3, 0.4) is 0 Å². The van der Waals surface area contributed by atoms with Crippen molar-refractivity contribution in [1.29, 1.82) is 0 Å². The Morgan fingerprint density at radius 1 is 0.323 bits per heavy atom. The minimum absolute atomic E-state index is 0.515. The van der Waals surface area contributed by atoms with Crippen molar-refractivity contribution in [2.45, 2.75) is 12.3 Å². The molecule has 3 nitrogen and oxygen atoms in total. The fraction of sp³-hybridized carbons (Fsp3) is 0.0339. The summed E-state index contributed by atoms with van der Waals surface area (Å²) in [5, 5.41) is 0. The van der Waals surface area contributed by atoms with Crippen LogP contribution in [0, 0.1) is 6.92 Å². The van der Waals surface area contributed by atoms with Gasteiger partial charge in [-0.05, 0) is 121 Å². The van der Waals surface area contributed by atoms with E-state index in [0.29, 0.717) is 5.82 Å². The first-order valence-electron chi connectivity index (χ1n) is 21.2. The third-order valence-electron chi connectivity index (χ3n) is 13.0. The van der Waals surface area contributed by atoms with Crippen LogP contribution in [0.1, 0.15) is 27.8 Å². The molecule has 1 atom stereocenters. The van der Waals surface area contributed by atoms with E-state index in [9.17, 15) is 0 Å². The van der Waals surface area contributed by atoms with Gasteiger partial charge in [-0.3, -0.25) is 4.98 Å². The zero-order valence-electron chi connectivity index (χ0n) is 34.1. The molecule has 1 unspecified atom stereocenters. The van der Waals surface area contributed by atoms with Gasteiger partial charge in [-0.25, -0.2) is 9.97 Å². The predicted octanol–water partition coefficient (Wildman–Crippen LogP) is 14.5. The summed E-state index contributed by atoms with van der Waals surface area (Å²) in [4.78, 5) is 15.0. The summed E-state index contributed by atoms with van der Waals surface area (Å²) in [7, 11) is 0. The number of rotatable bonds is 6. The van der Waals surface area contributed by atoms with Crippen LogP contribution in [0.4, 0.5) is 0 Å². The summed E-state index contributed by atoms with van der Waals surface area (Å²) in [5.41, 5.74) is 22.9. The molecule has 3 heteroatoms. The van der Waals surface area contributed by atoms with Crippen LogP contribution in [0.2, 0.25) is 0 Å². The summed E-state index contributed by atoms with van der Waals surface area (Å²) in [6, 6.07) is 74.8. The maximum Gasteiger partial charge on any atom is 0.160 e. The molecule has 2 heterocycles. The maximum absolute atomic E-state index is 5.37. The van der Waals surface area contributed by atoms with E-state index >= 15 is 0 Å². The highest BCUT2D eigenvalue weighted by Gasteiger charge is 2.51. The summed E-state index contributed by atoms with van der Waals surface area (Å²) >= 11 is 0. The molecule has 0 saturated heterocycles. The van der Waals surface area contributed by atoms with Gasteiger partial charge in [0.2, 0.25) is 0 Å². The molecule has 10 aromatic rings. The fourth-order valence-electron chi connectivity index (χ4n) is 10.1. The van der Waals surface area contributed by atoms with Crippen molar-refractivity contribution in [3.63, 3.8) is 0 Å². The molecule has 0 N–H and O–H groups in total. The Morgan fingerprint density at radius 2 is 0.855 bits per heavy atom. The number of hydrogen-bond acceptors (Lipinski definition) is 3. The first kappa shape index (κ1) is 35.9. The Kier molecular flexibility index (Phi) is 8.29. The lowest BCUT2D eigenvalue weighted by Crippen LogP contribution is -2.25. The zero-order chi connectivity index (χ0) is 41.2. The summed E-state index contributed by atoms with van der Waals surface area (Å²) < 4.78 is 0. The average molecular weight is 790 g/mol. The van der Waals surface area contributed by atoms with E-state index in [2.05, 4.69) is 212 Å². The molecule has 2 aliphatic carbocycles. The van der Waals surface area contributed by atoms with E-state index in [-0.39, 0.29) is 0 Å². The van der Waals surface area contributed by atoms with Gasteiger partial charge < -0.3 is 0 Å². The van der Waals surface area contributed by atoms with E-state index in [1.165, 1.54) is 77.9 Å². The van der Waals surface area contributed by atoms with Crippen LogP contribution in [-0.2, 0) is 5.41 Å². The monoisotopic (exact) mass is 789 g/mol. The van der Waals surface area contributed by atoms with Crippen LogP contribution < -0.4 is 0 Å². The number of aromatic nitrogens is 3. The minimum Gasteiger partial charge on any atom is -0.264 e. The van der Waals surface area contributed by atoms with Crippen LogP contribution in [0.25, 0.3) is 89.5 Å². The van der Waals surface area contributed by atoms with Crippen molar-refractivity contribution in [3.05, 3.63) is 246 Å².